The van der Waals surface area contributed by atoms with Crippen LogP contribution in [0.3, 0.4) is 0 Å². The van der Waals surface area contributed by atoms with E-state index in [2.05, 4.69) is 17.6 Å². The summed E-state index contributed by atoms with van der Waals surface area (Å²) in [6.07, 6.45) is 4.68. The van der Waals surface area contributed by atoms with Crippen molar-refractivity contribution in [2.24, 2.45) is 0 Å². The van der Waals surface area contributed by atoms with Crippen LogP contribution in [-0.2, 0) is 38.3 Å². The van der Waals surface area contributed by atoms with Gasteiger partial charge in [-0.15, -0.1) is 11.3 Å². The van der Waals surface area contributed by atoms with E-state index in [4.69, 9.17) is 14.2 Å². The SMILES string of the molecule is CCc1ccc(OCC(=O)OCC(=O)Nc2sc3c(c2C(=O)NCCOC)CCCC3)cc1. The second-order valence-corrected chi connectivity index (χ2v) is 8.76. The maximum absolute atomic E-state index is 12.8. The number of hydrogen-bond acceptors (Lipinski definition) is 7. The Bertz CT molecular complexity index is 970. The van der Waals surface area contributed by atoms with Crippen LogP contribution in [-0.4, -0.2) is 51.3 Å². The zero-order valence-electron chi connectivity index (χ0n) is 19.0. The van der Waals surface area contributed by atoms with Gasteiger partial charge in [-0.2, -0.15) is 0 Å². The van der Waals surface area contributed by atoms with Gasteiger partial charge < -0.3 is 24.8 Å². The summed E-state index contributed by atoms with van der Waals surface area (Å²) in [5, 5.41) is 6.07. The Morgan fingerprint density at radius 3 is 2.55 bits per heavy atom. The first kappa shape index (κ1) is 24.7. The third kappa shape index (κ3) is 7.03. The Balaban J connectivity index is 1.54. The van der Waals surface area contributed by atoms with E-state index in [-0.39, 0.29) is 12.5 Å². The Labute approximate surface area is 197 Å². The summed E-state index contributed by atoms with van der Waals surface area (Å²) < 4.78 is 15.4. The lowest BCUT2D eigenvalue weighted by Crippen LogP contribution is -2.29. The fourth-order valence-corrected chi connectivity index (χ4v) is 4.87. The highest BCUT2D eigenvalue weighted by Crippen LogP contribution is 2.38. The number of rotatable bonds is 11. The van der Waals surface area contributed by atoms with Crippen LogP contribution in [0.4, 0.5) is 5.00 Å². The predicted octanol–water partition coefficient (Wildman–Crippen LogP) is 3.13. The van der Waals surface area contributed by atoms with E-state index in [0.29, 0.717) is 29.5 Å². The quantitative estimate of drug-likeness (QED) is 0.383. The van der Waals surface area contributed by atoms with E-state index in [1.165, 1.54) is 16.9 Å². The summed E-state index contributed by atoms with van der Waals surface area (Å²) in [6, 6.07) is 7.43. The largest absolute Gasteiger partial charge is 0.482 e. The van der Waals surface area contributed by atoms with Crippen LogP contribution >= 0.6 is 11.3 Å². The molecular formula is C24H30N2O6S. The molecule has 0 radical (unpaired) electrons. The summed E-state index contributed by atoms with van der Waals surface area (Å²) >= 11 is 1.41. The highest BCUT2D eigenvalue weighted by Gasteiger charge is 2.26. The number of hydrogen-bond donors (Lipinski definition) is 2. The lowest BCUT2D eigenvalue weighted by atomic mass is 9.95. The van der Waals surface area contributed by atoms with E-state index in [9.17, 15) is 14.4 Å². The van der Waals surface area contributed by atoms with Crippen LogP contribution in [0, 0.1) is 0 Å². The summed E-state index contributed by atoms with van der Waals surface area (Å²) in [6.45, 7) is 2.09. The molecule has 1 heterocycles. The standard InChI is InChI=1S/C24H30N2O6S/c1-3-16-8-10-17(11-9-16)31-15-21(28)32-14-20(27)26-24-22(23(29)25-12-13-30-2)18-6-4-5-7-19(18)33-24/h8-11H,3-7,12-15H2,1-2H3,(H,25,29)(H,26,27). The van der Waals surface area contributed by atoms with Crippen LogP contribution in [0.15, 0.2) is 24.3 Å². The first-order valence-electron chi connectivity index (χ1n) is 11.1. The Morgan fingerprint density at radius 1 is 1.06 bits per heavy atom. The van der Waals surface area contributed by atoms with Crippen molar-refractivity contribution in [2.45, 2.75) is 39.0 Å². The average molecular weight is 475 g/mol. The number of fused-ring (bicyclic) bond motifs is 1. The van der Waals surface area contributed by atoms with Crippen molar-refractivity contribution in [1.82, 2.24) is 5.32 Å². The van der Waals surface area contributed by atoms with Gasteiger partial charge in [0.25, 0.3) is 11.8 Å². The molecule has 0 unspecified atom stereocenters. The highest BCUT2D eigenvalue weighted by atomic mass is 32.1. The number of ether oxygens (including phenoxy) is 3. The maximum atomic E-state index is 12.8. The van der Waals surface area contributed by atoms with Crippen molar-refractivity contribution >= 4 is 34.1 Å². The summed E-state index contributed by atoms with van der Waals surface area (Å²) in [4.78, 5) is 38.3. The topological polar surface area (TPSA) is 103 Å². The number of benzene rings is 1. The smallest absolute Gasteiger partial charge is 0.344 e. The van der Waals surface area contributed by atoms with Crippen LogP contribution in [0.2, 0.25) is 0 Å². The number of thiophene rings is 1. The van der Waals surface area contributed by atoms with E-state index in [1.54, 1.807) is 19.2 Å². The first-order chi connectivity index (χ1) is 16.0. The van der Waals surface area contributed by atoms with Crippen molar-refractivity contribution in [1.29, 1.82) is 0 Å². The summed E-state index contributed by atoms with van der Waals surface area (Å²) in [5.74, 6) is -0.823. The molecule has 178 valence electrons. The predicted molar refractivity (Wildman–Crippen MR) is 126 cm³/mol. The van der Waals surface area contributed by atoms with E-state index in [1.807, 2.05) is 12.1 Å². The number of methoxy groups -OCH3 is 1. The minimum atomic E-state index is -0.646. The molecule has 0 saturated heterocycles. The molecule has 9 heteroatoms. The van der Waals surface area contributed by atoms with Gasteiger partial charge >= 0.3 is 5.97 Å². The molecule has 3 rings (SSSR count). The molecule has 2 amide bonds. The van der Waals surface area contributed by atoms with Gasteiger partial charge in [-0.1, -0.05) is 19.1 Å². The molecule has 2 aromatic rings. The number of anilines is 1. The second kappa shape index (κ2) is 12.4. The lowest BCUT2D eigenvalue weighted by molar-refractivity contribution is -0.149. The number of amides is 2. The minimum Gasteiger partial charge on any atom is -0.482 e. The molecule has 0 aliphatic heterocycles. The molecule has 1 aromatic heterocycles. The van der Waals surface area contributed by atoms with Gasteiger partial charge in [0.15, 0.2) is 13.2 Å². The van der Waals surface area contributed by atoms with Crippen LogP contribution in [0.25, 0.3) is 0 Å². The van der Waals surface area contributed by atoms with Gasteiger partial charge in [0.05, 0.1) is 12.2 Å². The van der Waals surface area contributed by atoms with Crippen molar-refractivity contribution < 1.29 is 28.6 Å². The monoisotopic (exact) mass is 474 g/mol. The highest BCUT2D eigenvalue weighted by molar-refractivity contribution is 7.17. The number of carbonyl (C=O) groups is 3. The van der Waals surface area contributed by atoms with Crippen molar-refractivity contribution in [3.05, 3.63) is 45.8 Å². The third-order valence-corrected chi connectivity index (χ3v) is 6.50. The van der Waals surface area contributed by atoms with E-state index in [0.717, 1.165) is 42.5 Å². The Hall–Kier alpha value is -2.91. The molecule has 1 aromatic carbocycles. The zero-order valence-corrected chi connectivity index (χ0v) is 19.8. The Morgan fingerprint density at radius 2 is 1.82 bits per heavy atom. The molecule has 0 fully saturated rings. The van der Waals surface area contributed by atoms with Gasteiger partial charge in [0.1, 0.15) is 10.8 Å². The number of nitrogens with one attached hydrogen (secondary N) is 2. The molecule has 2 N–H and O–H groups in total. The number of esters is 1. The summed E-state index contributed by atoms with van der Waals surface area (Å²) in [7, 11) is 1.57. The fraction of sp³-hybridized carbons (Fsp3) is 0.458. The molecule has 1 aliphatic carbocycles. The first-order valence-corrected chi connectivity index (χ1v) is 11.9. The molecule has 0 bridgehead atoms. The zero-order chi connectivity index (χ0) is 23.6. The van der Waals surface area contributed by atoms with Crippen LogP contribution < -0.4 is 15.4 Å². The fourth-order valence-electron chi connectivity index (χ4n) is 3.56. The van der Waals surface area contributed by atoms with Gasteiger partial charge in [-0.05, 0) is 55.4 Å². The molecule has 0 spiro atoms. The number of aryl methyl sites for hydroxylation is 2. The van der Waals surface area contributed by atoms with Crippen LogP contribution in [0.5, 0.6) is 5.75 Å². The molecule has 0 saturated carbocycles. The maximum Gasteiger partial charge on any atom is 0.344 e. The minimum absolute atomic E-state index is 0.235. The molecule has 33 heavy (non-hydrogen) atoms. The van der Waals surface area contributed by atoms with Gasteiger partial charge in [0, 0.05) is 18.5 Å². The lowest BCUT2D eigenvalue weighted by Gasteiger charge is -2.13. The average Bonchev–Trinajstić information content (AvgIpc) is 3.19. The molecule has 0 atom stereocenters. The van der Waals surface area contributed by atoms with Crippen molar-refractivity contribution in [2.75, 3.05) is 38.8 Å². The summed E-state index contributed by atoms with van der Waals surface area (Å²) in [5.41, 5.74) is 2.67. The van der Waals surface area contributed by atoms with E-state index < -0.39 is 18.5 Å². The number of carbonyl (C=O) groups excluding carboxylic acids is 3. The third-order valence-electron chi connectivity index (χ3n) is 5.30. The van der Waals surface area contributed by atoms with Gasteiger partial charge in [-0.3, -0.25) is 9.59 Å². The van der Waals surface area contributed by atoms with Crippen molar-refractivity contribution in [3.63, 3.8) is 0 Å². The van der Waals surface area contributed by atoms with Gasteiger partial charge in [0.2, 0.25) is 0 Å². The van der Waals surface area contributed by atoms with E-state index >= 15 is 0 Å². The Kier molecular flexibility index (Phi) is 9.26. The van der Waals surface area contributed by atoms with Gasteiger partial charge in [-0.25, -0.2) is 4.79 Å². The molecular weight excluding hydrogens is 444 g/mol. The normalized spacial score (nSPS) is 12.5. The molecule has 1 aliphatic rings. The molecule has 8 nitrogen and oxygen atoms in total. The van der Waals surface area contributed by atoms with Crippen LogP contribution in [0.1, 0.15) is 46.1 Å². The second-order valence-electron chi connectivity index (χ2n) is 7.66. The van der Waals surface area contributed by atoms with Crippen molar-refractivity contribution in [3.8, 4) is 5.75 Å².